The zero-order valence-electron chi connectivity index (χ0n) is 8.33. The lowest BCUT2D eigenvalue weighted by Crippen LogP contribution is -2.33. The molecule has 0 aliphatic heterocycles. The minimum atomic E-state index is -0.153. The molecule has 0 amide bonds. The summed E-state index contributed by atoms with van der Waals surface area (Å²) in [6.07, 6.45) is 5.13. The fourth-order valence-corrected chi connectivity index (χ4v) is 1.07. The van der Waals surface area contributed by atoms with Crippen LogP contribution in [0.2, 0.25) is 0 Å². The summed E-state index contributed by atoms with van der Waals surface area (Å²) in [5.74, 6) is 0.262. The van der Waals surface area contributed by atoms with Crippen LogP contribution in [0.1, 0.15) is 27.2 Å². The van der Waals surface area contributed by atoms with Crippen molar-refractivity contribution >= 4 is 6.29 Å². The van der Waals surface area contributed by atoms with E-state index in [2.05, 4.69) is 6.92 Å². The van der Waals surface area contributed by atoms with E-state index in [4.69, 9.17) is 4.74 Å². The van der Waals surface area contributed by atoms with Gasteiger partial charge >= 0.3 is 0 Å². The van der Waals surface area contributed by atoms with Crippen LogP contribution in [0.25, 0.3) is 0 Å². The number of carbonyl (C=O) groups is 1. The second-order valence-corrected chi connectivity index (χ2v) is 3.18. The SMILES string of the molecule is CCC(C)(OC)C(C)C=CC=O. The molecule has 0 saturated carbocycles. The van der Waals surface area contributed by atoms with Crippen LogP contribution in [0, 0.1) is 5.92 Å². The molecule has 0 aromatic carbocycles. The summed E-state index contributed by atoms with van der Waals surface area (Å²) >= 11 is 0. The Morgan fingerprint density at radius 1 is 1.58 bits per heavy atom. The Bertz CT molecular complexity index is 157. The number of hydrogen-bond donors (Lipinski definition) is 0. The molecule has 2 unspecified atom stereocenters. The maximum absolute atomic E-state index is 10.1. The monoisotopic (exact) mass is 170 g/mol. The average Bonchev–Trinajstić information content (AvgIpc) is 2.12. The molecule has 0 rings (SSSR count). The first-order valence-corrected chi connectivity index (χ1v) is 4.27. The van der Waals surface area contributed by atoms with Crippen LogP contribution in [0.15, 0.2) is 12.2 Å². The van der Waals surface area contributed by atoms with Crippen molar-refractivity contribution in [2.45, 2.75) is 32.8 Å². The van der Waals surface area contributed by atoms with Crippen LogP contribution in [0.5, 0.6) is 0 Å². The van der Waals surface area contributed by atoms with Gasteiger partial charge in [0, 0.05) is 13.0 Å². The lowest BCUT2D eigenvalue weighted by molar-refractivity contribution is -0.104. The molecule has 0 bridgehead atoms. The van der Waals surface area contributed by atoms with E-state index in [-0.39, 0.29) is 11.5 Å². The van der Waals surface area contributed by atoms with Gasteiger partial charge in [-0.1, -0.05) is 19.9 Å². The molecule has 70 valence electrons. The van der Waals surface area contributed by atoms with Crippen LogP contribution in [-0.2, 0) is 9.53 Å². The van der Waals surface area contributed by atoms with Gasteiger partial charge in [-0.2, -0.15) is 0 Å². The smallest absolute Gasteiger partial charge is 0.142 e. The lowest BCUT2D eigenvalue weighted by atomic mass is 9.88. The van der Waals surface area contributed by atoms with Crippen LogP contribution in [-0.4, -0.2) is 19.0 Å². The van der Waals surface area contributed by atoms with E-state index in [0.717, 1.165) is 12.7 Å². The number of rotatable bonds is 5. The van der Waals surface area contributed by atoms with Crippen molar-refractivity contribution in [3.05, 3.63) is 12.2 Å². The summed E-state index contributed by atoms with van der Waals surface area (Å²) in [6.45, 7) is 6.18. The zero-order chi connectivity index (χ0) is 9.61. The van der Waals surface area contributed by atoms with E-state index in [9.17, 15) is 4.79 Å². The molecule has 0 radical (unpaired) electrons. The Kier molecular flexibility index (Phi) is 4.83. The first-order valence-electron chi connectivity index (χ1n) is 4.27. The molecule has 0 saturated heterocycles. The Morgan fingerprint density at radius 3 is 2.50 bits per heavy atom. The normalized spacial score (nSPS) is 19.0. The highest BCUT2D eigenvalue weighted by Gasteiger charge is 2.26. The van der Waals surface area contributed by atoms with Gasteiger partial charge in [-0.25, -0.2) is 0 Å². The molecule has 0 aromatic heterocycles. The molecule has 0 aromatic rings. The van der Waals surface area contributed by atoms with Crippen molar-refractivity contribution in [3.8, 4) is 0 Å². The summed E-state index contributed by atoms with van der Waals surface area (Å²) < 4.78 is 5.38. The third-order valence-corrected chi connectivity index (χ3v) is 2.61. The molecule has 2 nitrogen and oxygen atoms in total. The Hall–Kier alpha value is -0.630. The standard InChI is InChI=1S/C10H18O2/c1-5-10(3,12-4)9(2)7-6-8-11/h6-9H,5H2,1-4H3. The predicted molar refractivity (Wildman–Crippen MR) is 50.1 cm³/mol. The van der Waals surface area contributed by atoms with Crippen molar-refractivity contribution in [2.24, 2.45) is 5.92 Å². The van der Waals surface area contributed by atoms with E-state index in [1.54, 1.807) is 7.11 Å². The van der Waals surface area contributed by atoms with E-state index in [0.29, 0.717) is 0 Å². The van der Waals surface area contributed by atoms with Gasteiger partial charge in [-0.3, -0.25) is 4.79 Å². The van der Waals surface area contributed by atoms with E-state index < -0.39 is 0 Å². The second-order valence-electron chi connectivity index (χ2n) is 3.18. The van der Waals surface area contributed by atoms with Gasteiger partial charge in [0.2, 0.25) is 0 Å². The Morgan fingerprint density at radius 2 is 2.17 bits per heavy atom. The van der Waals surface area contributed by atoms with E-state index in [1.165, 1.54) is 6.08 Å². The van der Waals surface area contributed by atoms with Gasteiger partial charge in [-0.15, -0.1) is 0 Å². The van der Waals surface area contributed by atoms with Crippen LogP contribution < -0.4 is 0 Å². The molecule has 2 atom stereocenters. The fourth-order valence-electron chi connectivity index (χ4n) is 1.07. The Balaban J connectivity index is 4.30. The highest BCUT2D eigenvalue weighted by Crippen LogP contribution is 2.25. The highest BCUT2D eigenvalue weighted by atomic mass is 16.5. The summed E-state index contributed by atoms with van der Waals surface area (Å²) in [5.41, 5.74) is -0.153. The van der Waals surface area contributed by atoms with Gasteiger partial charge in [0.15, 0.2) is 0 Å². The molecule has 0 heterocycles. The number of allylic oxidation sites excluding steroid dienone is 1. The molecule has 2 heteroatoms. The number of carbonyl (C=O) groups excluding carboxylic acids is 1. The van der Waals surface area contributed by atoms with Crippen LogP contribution in [0.3, 0.4) is 0 Å². The second kappa shape index (κ2) is 5.09. The lowest BCUT2D eigenvalue weighted by Gasteiger charge is -2.31. The van der Waals surface area contributed by atoms with Crippen molar-refractivity contribution in [2.75, 3.05) is 7.11 Å². The summed E-state index contributed by atoms with van der Waals surface area (Å²) in [5, 5.41) is 0. The molecule has 0 fully saturated rings. The molecule has 0 spiro atoms. The fraction of sp³-hybridized carbons (Fsp3) is 0.700. The number of aldehydes is 1. The molecule has 0 aliphatic carbocycles. The highest BCUT2D eigenvalue weighted by molar-refractivity contribution is 5.64. The number of hydrogen-bond acceptors (Lipinski definition) is 2. The molecular weight excluding hydrogens is 152 g/mol. The van der Waals surface area contributed by atoms with Gasteiger partial charge in [-0.05, 0) is 19.4 Å². The molecule has 0 N–H and O–H groups in total. The quantitative estimate of drug-likeness (QED) is 0.467. The largest absolute Gasteiger partial charge is 0.378 e. The van der Waals surface area contributed by atoms with Crippen molar-refractivity contribution < 1.29 is 9.53 Å². The van der Waals surface area contributed by atoms with E-state index >= 15 is 0 Å². The van der Waals surface area contributed by atoms with E-state index in [1.807, 2.05) is 19.9 Å². The molecule has 12 heavy (non-hydrogen) atoms. The van der Waals surface area contributed by atoms with Crippen molar-refractivity contribution in [1.82, 2.24) is 0 Å². The first kappa shape index (κ1) is 11.4. The zero-order valence-corrected chi connectivity index (χ0v) is 8.33. The van der Waals surface area contributed by atoms with Crippen molar-refractivity contribution in [1.29, 1.82) is 0 Å². The van der Waals surface area contributed by atoms with Crippen molar-refractivity contribution in [3.63, 3.8) is 0 Å². The first-order chi connectivity index (χ1) is 5.60. The van der Waals surface area contributed by atoms with Crippen LogP contribution >= 0.6 is 0 Å². The number of methoxy groups -OCH3 is 1. The Labute approximate surface area is 74.6 Å². The minimum Gasteiger partial charge on any atom is -0.378 e. The minimum absolute atomic E-state index is 0.153. The maximum Gasteiger partial charge on any atom is 0.142 e. The summed E-state index contributed by atoms with van der Waals surface area (Å²) in [4.78, 5) is 10.1. The van der Waals surface area contributed by atoms with Gasteiger partial charge in [0.05, 0.1) is 5.60 Å². The maximum atomic E-state index is 10.1. The van der Waals surface area contributed by atoms with Gasteiger partial charge in [0.1, 0.15) is 6.29 Å². The predicted octanol–water partition coefficient (Wildman–Crippen LogP) is 2.19. The average molecular weight is 170 g/mol. The third kappa shape index (κ3) is 2.78. The van der Waals surface area contributed by atoms with Crippen LogP contribution in [0.4, 0.5) is 0 Å². The van der Waals surface area contributed by atoms with Gasteiger partial charge in [0.25, 0.3) is 0 Å². The van der Waals surface area contributed by atoms with Gasteiger partial charge < -0.3 is 4.74 Å². The third-order valence-electron chi connectivity index (χ3n) is 2.61. The number of ether oxygens (including phenoxy) is 1. The molecular formula is C10H18O2. The topological polar surface area (TPSA) is 26.3 Å². The summed E-state index contributed by atoms with van der Waals surface area (Å²) in [6, 6.07) is 0. The molecule has 0 aliphatic rings. The summed E-state index contributed by atoms with van der Waals surface area (Å²) in [7, 11) is 1.70.